The summed E-state index contributed by atoms with van der Waals surface area (Å²) in [6.07, 6.45) is 20.1. The van der Waals surface area contributed by atoms with Crippen LogP contribution >= 0.6 is 0 Å². The molecule has 3 aliphatic rings. The SMILES string of the molecule is CCCCCCC/C=C\C/C=C\CCCCCCCCCCCCCCCC(=O)NC(COC1OC(CO)C(OC2OC(CO)C(OC3OC(CO)C(O)C(O)C3O)C(O)C2O)C(O)C1O)C(O)/C=C/CCCCCCCCC. The third kappa shape index (κ3) is 27.5. The number of hydrogen-bond acceptors (Lipinski definition) is 18. The Morgan fingerprint density at radius 1 is 0.456 bits per heavy atom. The van der Waals surface area contributed by atoms with E-state index in [0.29, 0.717) is 6.42 Å². The average Bonchev–Trinajstić information content (AvgIpc) is 3.47. The molecule has 1 amide bonds. The highest BCUT2D eigenvalue weighted by Gasteiger charge is 2.53. The number of carbonyl (C=O) groups is 1. The van der Waals surface area contributed by atoms with E-state index in [1.54, 1.807) is 6.08 Å². The maximum atomic E-state index is 13.3. The van der Waals surface area contributed by atoms with Gasteiger partial charge in [-0.1, -0.05) is 185 Å². The largest absolute Gasteiger partial charge is 0.394 e. The summed E-state index contributed by atoms with van der Waals surface area (Å²) in [7, 11) is 0. The fraction of sp³-hybridized carbons (Fsp3) is 0.883. The number of aliphatic hydroxyl groups excluding tert-OH is 11. The van der Waals surface area contributed by atoms with Crippen LogP contribution in [-0.2, 0) is 33.2 Å². The van der Waals surface area contributed by atoms with E-state index in [0.717, 1.165) is 51.4 Å². The molecule has 17 atom stereocenters. The molecule has 3 aliphatic heterocycles. The van der Waals surface area contributed by atoms with Gasteiger partial charge in [0.1, 0.15) is 73.2 Å². The van der Waals surface area contributed by atoms with E-state index >= 15 is 0 Å². The van der Waals surface area contributed by atoms with Gasteiger partial charge in [-0.3, -0.25) is 4.79 Å². The quantitative estimate of drug-likeness (QED) is 0.0257. The van der Waals surface area contributed by atoms with Crippen molar-refractivity contribution >= 4 is 5.91 Å². The van der Waals surface area contributed by atoms with Gasteiger partial charge >= 0.3 is 0 Å². The van der Waals surface area contributed by atoms with Crippen LogP contribution in [-0.4, -0.2) is 193 Å². The molecule has 0 bridgehead atoms. The van der Waals surface area contributed by atoms with Gasteiger partial charge in [0.2, 0.25) is 5.91 Å². The smallest absolute Gasteiger partial charge is 0.220 e. The molecule has 0 aliphatic carbocycles. The molecule has 17 unspecified atom stereocenters. The summed E-state index contributed by atoms with van der Waals surface area (Å²) in [6.45, 7) is 1.67. The summed E-state index contributed by atoms with van der Waals surface area (Å²) in [5.41, 5.74) is 0. The van der Waals surface area contributed by atoms with Crippen molar-refractivity contribution in [2.24, 2.45) is 0 Å². The van der Waals surface area contributed by atoms with Gasteiger partial charge in [0.05, 0.1) is 38.6 Å². The summed E-state index contributed by atoms with van der Waals surface area (Å²) in [6, 6.07) is -0.970. The molecule has 19 nitrogen and oxygen atoms in total. The molecule has 3 rings (SSSR count). The highest BCUT2D eigenvalue weighted by molar-refractivity contribution is 5.76. The lowest BCUT2D eigenvalue weighted by atomic mass is 9.96. The van der Waals surface area contributed by atoms with Crippen molar-refractivity contribution in [3.63, 3.8) is 0 Å². The first-order chi connectivity index (χ1) is 38.3. The van der Waals surface area contributed by atoms with Crippen LogP contribution in [0.1, 0.15) is 206 Å². The summed E-state index contributed by atoms with van der Waals surface area (Å²) < 4.78 is 34.2. The van der Waals surface area contributed by atoms with Crippen molar-refractivity contribution in [2.45, 2.75) is 311 Å². The standard InChI is InChI=1S/C60H109NO18/c1-3-5-7-9-11-13-14-15-16-17-18-19-20-21-22-23-24-25-26-27-28-30-32-34-36-38-48(66)61-43(44(65)37-35-33-31-29-12-10-8-6-4-2)42-74-58-54(72)51(69)56(46(40-63)76-58)79-60-55(73)52(70)57(47(41-64)77-60)78-59-53(71)50(68)49(67)45(39-62)75-59/h14-15,17-18,35,37,43-47,49-60,62-65,67-73H,3-13,16,19-34,36,38-42H2,1-2H3,(H,61,66)/b15-14-,18-17-,37-35+. The van der Waals surface area contributed by atoms with E-state index < -0.39 is 124 Å². The third-order valence-corrected chi connectivity index (χ3v) is 15.4. The minimum Gasteiger partial charge on any atom is -0.394 e. The average molecular weight is 1130 g/mol. The molecule has 79 heavy (non-hydrogen) atoms. The number of amides is 1. The number of allylic oxidation sites excluding steroid dienone is 5. The fourth-order valence-corrected chi connectivity index (χ4v) is 10.3. The Balaban J connectivity index is 1.42. The van der Waals surface area contributed by atoms with Gasteiger partial charge < -0.3 is 89.9 Å². The van der Waals surface area contributed by atoms with Crippen molar-refractivity contribution in [1.82, 2.24) is 5.32 Å². The second kappa shape index (κ2) is 43.6. The van der Waals surface area contributed by atoms with Crippen LogP contribution in [0, 0.1) is 0 Å². The first-order valence-corrected chi connectivity index (χ1v) is 30.7. The summed E-state index contributed by atoms with van der Waals surface area (Å²) in [5.74, 6) is -0.279. The third-order valence-electron chi connectivity index (χ3n) is 15.4. The van der Waals surface area contributed by atoms with Crippen LogP contribution in [0.2, 0.25) is 0 Å². The Hall–Kier alpha value is -1.99. The Kier molecular flexibility index (Phi) is 39.4. The number of nitrogens with one attached hydrogen (secondary N) is 1. The summed E-state index contributed by atoms with van der Waals surface area (Å²) >= 11 is 0. The van der Waals surface area contributed by atoms with Gasteiger partial charge in [-0.2, -0.15) is 0 Å². The Bertz CT molecular complexity index is 1590. The Labute approximate surface area is 472 Å². The molecule has 0 aromatic rings. The molecule has 0 saturated carbocycles. The normalized spacial score (nSPS) is 30.5. The minimum absolute atomic E-state index is 0.242. The van der Waals surface area contributed by atoms with Crippen LogP contribution in [0.15, 0.2) is 36.5 Å². The molecule has 0 spiro atoms. The maximum absolute atomic E-state index is 13.3. The molecule has 3 fully saturated rings. The van der Waals surface area contributed by atoms with Crippen LogP contribution in [0.3, 0.4) is 0 Å². The molecule has 462 valence electrons. The van der Waals surface area contributed by atoms with E-state index in [4.69, 9.17) is 28.4 Å². The molecule has 19 heteroatoms. The van der Waals surface area contributed by atoms with Crippen molar-refractivity contribution in [1.29, 1.82) is 0 Å². The number of aliphatic hydroxyl groups is 11. The number of unbranched alkanes of at least 4 members (excludes halogenated alkanes) is 25. The molecule has 0 aromatic carbocycles. The number of hydrogen-bond donors (Lipinski definition) is 12. The predicted octanol–water partition coefficient (Wildman–Crippen LogP) is 5.71. The van der Waals surface area contributed by atoms with E-state index in [-0.39, 0.29) is 18.9 Å². The summed E-state index contributed by atoms with van der Waals surface area (Å²) in [5, 5.41) is 120. The lowest BCUT2D eigenvalue weighted by molar-refractivity contribution is -0.379. The Morgan fingerprint density at radius 3 is 1.29 bits per heavy atom. The second-order valence-corrected chi connectivity index (χ2v) is 22.2. The van der Waals surface area contributed by atoms with Gasteiger partial charge in [-0.05, 0) is 51.4 Å². The van der Waals surface area contributed by atoms with Crippen LogP contribution in [0.4, 0.5) is 0 Å². The molecule has 3 saturated heterocycles. The van der Waals surface area contributed by atoms with E-state index in [1.165, 1.54) is 128 Å². The zero-order valence-corrected chi connectivity index (χ0v) is 48.1. The van der Waals surface area contributed by atoms with E-state index in [1.807, 2.05) is 6.08 Å². The van der Waals surface area contributed by atoms with Gasteiger partial charge in [0.25, 0.3) is 0 Å². The lowest BCUT2D eigenvalue weighted by Crippen LogP contribution is -2.66. The monoisotopic (exact) mass is 1130 g/mol. The van der Waals surface area contributed by atoms with Crippen molar-refractivity contribution in [3.05, 3.63) is 36.5 Å². The number of ether oxygens (including phenoxy) is 6. The summed E-state index contributed by atoms with van der Waals surface area (Å²) in [4.78, 5) is 13.3. The highest BCUT2D eigenvalue weighted by atomic mass is 16.8. The van der Waals surface area contributed by atoms with Gasteiger partial charge in [0, 0.05) is 6.42 Å². The number of rotatable bonds is 45. The molecular weight excluding hydrogens is 1020 g/mol. The van der Waals surface area contributed by atoms with Crippen molar-refractivity contribution in [3.8, 4) is 0 Å². The van der Waals surface area contributed by atoms with Crippen molar-refractivity contribution < 1.29 is 89.4 Å². The minimum atomic E-state index is -1.98. The molecule has 3 heterocycles. The first-order valence-electron chi connectivity index (χ1n) is 30.7. The fourth-order valence-electron chi connectivity index (χ4n) is 10.3. The highest BCUT2D eigenvalue weighted by Crippen LogP contribution is 2.33. The van der Waals surface area contributed by atoms with Crippen LogP contribution in [0.25, 0.3) is 0 Å². The first kappa shape index (κ1) is 71.3. The van der Waals surface area contributed by atoms with Gasteiger partial charge in [-0.15, -0.1) is 0 Å². The Morgan fingerprint density at radius 2 is 0.835 bits per heavy atom. The predicted molar refractivity (Wildman–Crippen MR) is 300 cm³/mol. The zero-order valence-electron chi connectivity index (χ0n) is 48.1. The molecular formula is C60H109NO18. The number of carbonyl (C=O) groups excluding carboxylic acids is 1. The zero-order chi connectivity index (χ0) is 57.6. The van der Waals surface area contributed by atoms with Crippen LogP contribution < -0.4 is 5.32 Å². The molecule has 0 aromatic heterocycles. The van der Waals surface area contributed by atoms with Crippen LogP contribution in [0.5, 0.6) is 0 Å². The molecule has 12 N–H and O–H groups in total. The maximum Gasteiger partial charge on any atom is 0.220 e. The van der Waals surface area contributed by atoms with Crippen molar-refractivity contribution in [2.75, 3.05) is 26.4 Å². The lowest BCUT2D eigenvalue weighted by Gasteiger charge is -2.48. The van der Waals surface area contributed by atoms with E-state index in [9.17, 15) is 61.0 Å². The van der Waals surface area contributed by atoms with Gasteiger partial charge in [0.15, 0.2) is 18.9 Å². The van der Waals surface area contributed by atoms with E-state index in [2.05, 4.69) is 43.5 Å². The second-order valence-electron chi connectivity index (χ2n) is 22.2. The topological polar surface area (TPSA) is 307 Å². The van der Waals surface area contributed by atoms with Gasteiger partial charge in [-0.25, -0.2) is 0 Å². The molecule has 0 radical (unpaired) electrons.